The summed E-state index contributed by atoms with van der Waals surface area (Å²) in [4.78, 5) is 0. The standard InChI is InChI=1S/C22H33N3O/c1-26-21-14-12-18(13-15-21)17-25-22-11-3-2-7-19(22)8-6-10-20(24)9-4-5-16-23/h2-3,7,11-15,20,25H,4-6,8-10,16-17,23-24H2,1H3. The summed E-state index contributed by atoms with van der Waals surface area (Å²) in [7, 11) is 1.69. The van der Waals surface area contributed by atoms with E-state index in [-0.39, 0.29) is 0 Å². The zero-order valence-corrected chi connectivity index (χ0v) is 15.9. The average molecular weight is 356 g/mol. The second kappa shape index (κ2) is 11.6. The third kappa shape index (κ3) is 7.06. The highest BCUT2D eigenvalue weighted by Gasteiger charge is 2.05. The molecule has 0 radical (unpaired) electrons. The number of methoxy groups -OCH3 is 1. The van der Waals surface area contributed by atoms with Crippen LogP contribution in [0.25, 0.3) is 0 Å². The van der Waals surface area contributed by atoms with E-state index in [4.69, 9.17) is 16.2 Å². The molecule has 0 aliphatic rings. The van der Waals surface area contributed by atoms with Gasteiger partial charge < -0.3 is 21.5 Å². The SMILES string of the molecule is COc1ccc(CNc2ccccc2CCCC(N)CCCCN)cc1. The van der Waals surface area contributed by atoms with Gasteiger partial charge in [0.2, 0.25) is 0 Å². The fourth-order valence-corrected chi connectivity index (χ4v) is 3.10. The zero-order valence-electron chi connectivity index (χ0n) is 15.9. The molecule has 5 N–H and O–H groups in total. The smallest absolute Gasteiger partial charge is 0.118 e. The van der Waals surface area contributed by atoms with Crippen molar-refractivity contribution in [2.45, 2.75) is 51.1 Å². The molecule has 0 aromatic heterocycles. The van der Waals surface area contributed by atoms with Crippen molar-refractivity contribution in [3.8, 4) is 5.75 Å². The van der Waals surface area contributed by atoms with Gasteiger partial charge in [-0.25, -0.2) is 0 Å². The van der Waals surface area contributed by atoms with Crippen molar-refractivity contribution in [2.24, 2.45) is 11.5 Å². The van der Waals surface area contributed by atoms with Crippen LogP contribution in [0.2, 0.25) is 0 Å². The first-order valence-corrected chi connectivity index (χ1v) is 9.63. The summed E-state index contributed by atoms with van der Waals surface area (Å²) in [6.45, 7) is 1.57. The Hall–Kier alpha value is -2.04. The molecule has 1 unspecified atom stereocenters. The van der Waals surface area contributed by atoms with Gasteiger partial charge in [0.1, 0.15) is 5.75 Å². The minimum atomic E-state index is 0.293. The van der Waals surface area contributed by atoms with Gasteiger partial charge in [-0.15, -0.1) is 0 Å². The van der Waals surface area contributed by atoms with Crippen LogP contribution < -0.4 is 21.5 Å². The summed E-state index contributed by atoms with van der Waals surface area (Å²) >= 11 is 0. The van der Waals surface area contributed by atoms with Crippen molar-refractivity contribution in [3.63, 3.8) is 0 Å². The monoisotopic (exact) mass is 355 g/mol. The lowest BCUT2D eigenvalue weighted by atomic mass is 10.0. The second-order valence-electron chi connectivity index (χ2n) is 6.80. The molecule has 0 saturated carbocycles. The third-order valence-electron chi connectivity index (χ3n) is 4.71. The van der Waals surface area contributed by atoms with Gasteiger partial charge in [-0.05, 0) is 68.0 Å². The molecule has 0 fully saturated rings. The Morgan fingerprint density at radius 3 is 2.42 bits per heavy atom. The van der Waals surface area contributed by atoms with E-state index < -0.39 is 0 Å². The van der Waals surface area contributed by atoms with Crippen molar-refractivity contribution in [3.05, 3.63) is 59.7 Å². The molecule has 2 aromatic rings. The molecule has 0 aliphatic heterocycles. The predicted octanol–water partition coefficient (Wildman–Crippen LogP) is 4.09. The summed E-state index contributed by atoms with van der Waals surface area (Å²) in [5, 5.41) is 3.56. The van der Waals surface area contributed by atoms with E-state index in [0.717, 1.165) is 57.4 Å². The molecule has 2 aromatic carbocycles. The van der Waals surface area contributed by atoms with Crippen LogP contribution in [0.15, 0.2) is 48.5 Å². The Morgan fingerprint density at radius 2 is 1.69 bits per heavy atom. The molecule has 0 heterocycles. The first kappa shape index (κ1) is 20.3. The van der Waals surface area contributed by atoms with Gasteiger partial charge in [0, 0.05) is 18.3 Å². The highest BCUT2D eigenvalue weighted by molar-refractivity contribution is 5.51. The molecule has 0 spiro atoms. The lowest BCUT2D eigenvalue weighted by Gasteiger charge is -2.14. The highest BCUT2D eigenvalue weighted by Crippen LogP contribution is 2.20. The maximum atomic E-state index is 6.21. The highest BCUT2D eigenvalue weighted by atomic mass is 16.5. The number of hydrogen-bond donors (Lipinski definition) is 3. The van der Waals surface area contributed by atoms with Crippen LogP contribution >= 0.6 is 0 Å². The number of aryl methyl sites for hydroxylation is 1. The van der Waals surface area contributed by atoms with Gasteiger partial charge in [0.15, 0.2) is 0 Å². The number of rotatable bonds is 12. The number of ether oxygens (including phenoxy) is 1. The number of anilines is 1. The Balaban J connectivity index is 1.81. The van der Waals surface area contributed by atoms with Crippen molar-refractivity contribution in [2.75, 3.05) is 19.0 Å². The maximum absolute atomic E-state index is 6.21. The molecule has 142 valence electrons. The van der Waals surface area contributed by atoms with Crippen LogP contribution in [0.4, 0.5) is 5.69 Å². The van der Waals surface area contributed by atoms with Gasteiger partial charge in [-0.1, -0.05) is 36.8 Å². The third-order valence-corrected chi connectivity index (χ3v) is 4.71. The van der Waals surface area contributed by atoms with Crippen molar-refractivity contribution in [1.82, 2.24) is 0 Å². The molecule has 0 aliphatic carbocycles. The van der Waals surface area contributed by atoms with E-state index in [1.54, 1.807) is 7.11 Å². The molecule has 2 rings (SSSR count). The summed E-state index contributed by atoms with van der Waals surface area (Å²) in [6.07, 6.45) is 6.52. The largest absolute Gasteiger partial charge is 0.497 e. The van der Waals surface area contributed by atoms with Gasteiger partial charge in [0.25, 0.3) is 0 Å². The molecule has 0 saturated heterocycles. The van der Waals surface area contributed by atoms with Gasteiger partial charge in [-0.2, -0.15) is 0 Å². The minimum absolute atomic E-state index is 0.293. The molecule has 0 bridgehead atoms. The van der Waals surface area contributed by atoms with Crippen LogP contribution in [-0.4, -0.2) is 19.7 Å². The molecule has 1 atom stereocenters. The Labute approximate surface area is 157 Å². The lowest BCUT2D eigenvalue weighted by molar-refractivity contribution is 0.414. The fourth-order valence-electron chi connectivity index (χ4n) is 3.10. The minimum Gasteiger partial charge on any atom is -0.497 e. The predicted molar refractivity (Wildman–Crippen MR) is 111 cm³/mol. The number of nitrogens with two attached hydrogens (primary N) is 2. The van der Waals surface area contributed by atoms with Gasteiger partial charge in [0.05, 0.1) is 7.11 Å². The van der Waals surface area contributed by atoms with Crippen LogP contribution in [0.3, 0.4) is 0 Å². The number of hydrogen-bond acceptors (Lipinski definition) is 4. The quantitative estimate of drug-likeness (QED) is 0.502. The van der Waals surface area contributed by atoms with Gasteiger partial charge >= 0.3 is 0 Å². The molecule has 0 amide bonds. The van der Waals surface area contributed by atoms with E-state index in [2.05, 4.69) is 41.7 Å². The van der Waals surface area contributed by atoms with E-state index in [1.165, 1.54) is 16.8 Å². The number of para-hydroxylation sites is 1. The Kier molecular flexibility index (Phi) is 9.01. The summed E-state index contributed by atoms with van der Waals surface area (Å²) < 4.78 is 5.21. The average Bonchev–Trinajstić information content (AvgIpc) is 2.68. The van der Waals surface area contributed by atoms with Crippen LogP contribution in [0.1, 0.15) is 43.2 Å². The maximum Gasteiger partial charge on any atom is 0.118 e. The topological polar surface area (TPSA) is 73.3 Å². The van der Waals surface area contributed by atoms with Crippen molar-refractivity contribution in [1.29, 1.82) is 0 Å². The number of benzene rings is 2. The normalized spacial score (nSPS) is 12.0. The van der Waals surface area contributed by atoms with E-state index in [1.807, 2.05) is 12.1 Å². The number of unbranched alkanes of at least 4 members (excludes halogenated alkanes) is 1. The van der Waals surface area contributed by atoms with Crippen molar-refractivity contribution < 1.29 is 4.74 Å². The molecular weight excluding hydrogens is 322 g/mol. The molecule has 4 heteroatoms. The van der Waals surface area contributed by atoms with E-state index >= 15 is 0 Å². The second-order valence-corrected chi connectivity index (χ2v) is 6.80. The Morgan fingerprint density at radius 1 is 0.962 bits per heavy atom. The van der Waals surface area contributed by atoms with Crippen LogP contribution in [0.5, 0.6) is 5.75 Å². The summed E-state index contributed by atoms with van der Waals surface area (Å²) in [5.41, 5.74) is 15.6. The number of nitrogens with one attached hydrogen (secondary N) is 1. The molecular formula is C22H33N3O. The summed E-state index contributed by atoms with van der Waals surface area (Å²) in [5.74, 6) is 0.886. The zero-order chi connectivity index (χ0) is 18.6. The first-order valence-electron chi connectivity index (χ1n) is 9.63. The van der Waals surface area contributed by atoms with Gasteiger partial charge in [-0.3, -0.25) is 0 Å². The van der Waals surface area contributed by atoms with Crippen LogP contribution in [-0.2, 0) is 13.0 Å². The fraction of sp³-hybridized carbons (Fsp3) is 0.455. The summed E-state index contributed by atoms with van der Waals surface area (Å²) in [6, 6.07) is 17.0. The van der Waals surface area contributed by atoms with Crippen LogP contribution in [0, 0.1) is 0 Å². The van der Waals surface area contributed by atoms with Crippen molar-refractivity contribution >= 4 is 5.69 Å². The van der Waals surface area contributed by atoms with E-state index in [9.17, 15) is 0 Å². The Bertz CT molecular complexity index is 628. The lowest BCUT2D eigenvalue weighted by Crippen LogP contribution is -2.20. The molecule has 26 heavy (non-hydrogen) atoms. The molecule has 4 nitrogen and oxygen atoms in total. The first-order chi connectivity index (χ1) is 12.7. The van der Waals surface area contributed by atoms with E-state index in [0.29, 0.717) is 6.04 Å².